The van der Waals surface area contributed by atoms with E-state index in [-0.39, 0.29) is 11.9 Å². The lowest BCUT2D eigenvalue weighted by atomic mass is 10.0. The van der Waals surface area contributed by atoms with Crippen molar-refractivity contribution < 1.29 is 9.53 Å². The lowest BCUT2D eigenvalue weighted by molar-refractivity contribution is 0.0628. The zero-order valence-corrected chi connectivity index (χ0v) is 14.9. The van der Waals surface area contributed by atoms with Gasteiger partial charge in [-0.1, -0.05) is 31.2 Å². The molecule has 1 saturated heterocycles. The van der Waals surface area contributed by atoms with Crippen LogP contribution in [0, 0.1) is 0 Å². The number of hydrogen-bond acceptors (Lipinski definition) is 5. The van der Waals surface area contributed by atoms with Gasteiger partial charge < -0.3 is 15.0 Å². The highest BCUT2D eigenvalue weighted by atomic mass is 32.1. The molecule has 1 N–H and O–H groups in total. The number of aryl methyl sites for hydroxylation is 1. The molecule has 2 heterocycles. The molecule has 0 aliphatic carbocycles. The number of carbonyl (C=O) groups excluding carboxylic acids is 1. The lowest BCUT2D eigenvalue weighted by Gasteiger charge is -2.36. The number of methoxy groups -OCH3 is 1. The number of nitrogens with one attached hydrogen (secondary N) is 1. The molecule has 1 unspecified atom stereocenters. The van der Waals surface area contributed by atoms with Crippen LogP contribution in [0.1, 0.15) is 39.6 Å². The van der Waals surface area contributed by atoms with Crippen molar-refractivity contribution in [1.82, 2.24) is 15.2 Å². The number of hydrogen-bond donors (Lipinski definition) is 1. The second kappa shape index (κ2) is 7.88. The molecule has 1 aliphatic rings. The van der Waals surface area contributed by atoms with Crippen LogP contribution < -0.4 is 5.32 Å². The number of nitrogens with zero attached hydrogens (tertiary/aromatic N) is 2. The van der Waals surface area contributed by atoms with Crippen LogP contribution in [0.15, 0.2) is 29.6 Å². The SMILES string of the molecule is CCc1ccc(C2CNCCN2C(=O)c2csc(COC)n2)cc1. The van der Waals surface area contributed by atoms with E-state index in [1.165, 1.54) is 22.5 Å². The van der Waals surface area contributed by atoms with E-state index >= 15 is 0 Å². The number of rotatable bonds is 5. The van der Waals surface area contributed by atoms with E-state index in [1.807, 2.05) is 10.3 Å². The first-order valence-corrected chi connectivity index (χ1v) is 9.14. The van der Waals surface area contributed by atoms with Crippen molar-refractivity contribution in [1.29, 1.82) is 0 Å². The van der Waals surface area contributed by atoms with E-state index in [4.69, 9.17) is 4.74 Å². The molecule has 1 atom stereocenters. The molecule has 5 nitrogen and oxygen atoms in total. The Morgan fingerprint density at radius 1 is 1.42 bits per heavy atom. The molecule has 1 aliphatic heterocycles. The minimum absolute atomic E-state index is 0.000305. The summed E-state index contributed by atoms with van der Waals surface area (Å²) in [5.41, 5.74) is 2.99. The Bertz CT molecular complexity index is 684. The number of amides is 1. The van der Waals surface area contributed by atoms with Crippen LogP contribution in [0.4, 0.5) is 0 Å². The summed E-state index contributed by atoms with van der Waals surface area (Å²) >= 11 is 1.47. The van der Waals surface area contributed by atoms with Gasteiger partial charge in [0.15, 0.2) is 0 Å². The normalized spacial score (nSPS) is 17.9. The van der Waals surface area contributed by atoms with Crippen LogP contribution in [0.2, 0.25) is 0 Å². The van der Waals surface area contributed by atoms with E-state index in [2.05, 4.69) is 41.5 Å². The second-order valence-electron chi connectivity index (χ2n) is 5.87. The maximum atomic E-state index is 12.9. The summed E-state index contributed by atoms with van der Waals surface area (Å²) in [6.07, 6.45) is 1.02. The molecule has 1 aromatic heterocycles. The van der Waals surface area contributed by atoms with Gasteiger partial charge in [-0.25, -0.2) is 4.98 Å². The standard InChI is InChI=1S/C18H23N3O2S/c1-3-13-4-6-14(7-5-13)16-10-19-8-9-21(16)18(22)15-12-24-17(20-15)11-23-2/h4-7,12,16,19H,3,8-11H2,1-2H3. The first kappa shape index (κ1) is 17.1. The van der Waals surface area contributed by atoms with E-state index in [1.54, 1.807) is 7.11 Å². The third-order valence-corrected chi connectivity index (χ3v) is 5.14. The molecule has 1 aromatic carbocycles. The van der Waals surface area contributed by atoms with Crippen molar-refractivity contribution >= 4 is 17.2 Å². The van der Waals surface area contributed by atoms with Crippen molar-refractivity contribution in [3.63, 3.8) is 0 Å². The van der Waals surface area contributed by atoms with Crippen molar-refractivity contribution in [2.75, 3.05) is 26.7 Å². The Morgan fingerprint density at radius 3 is 2.92 bits per heavy atom. The number of ether oxygens (including phenoxy) is 1. The number of aromatic nitrogens is 1. The Hall–Kier alpha value is -1.76. The molecule has 0 radical (unpaired) electrons. The van der Waals surface area contributed by atoms with Gasteiger partial charge in [0.25, 0.3) is 5.91 Å². The van der Waals surface area contributed by atoms with E-state index in [0.29, 0.717) is 18.8 Å². The van der Waals surface area contributed by atoms with Gasteiger partial charge in [0.1, 0.15) is 10.7 Å². The first-order chi connectivity index (χ1) is 11.7. The third kappa shape index (κ3) is 3.66. The van der Waals surface area contributed by atoms with Crippen molar-refractivity contribution in [3.05, 3.63) is 51.5 Å². The highest BCUT2D eigenvalue weighted by Gasteiger charge is 2.29. The second-order valence-corrected chi connectivity index (χ2v) is 6.82. The summed E-state index contributed by atoms with van der Waals surface area (Å²) in [7, 11) is 1.63. The van der Waals surface area contributed by atoms with E-state index < -0.39 is 0 Å². The lowest BCUT2D eigenvalue weighted by Crippen LogP contribution is -2.48. The van der Waals surface area contributed by atoms with Crippen molar-refractivity contribution in [2.24, 2.45) is 0 Å². The number of benzene rings is 1. The number of thiazole rings is 1. The molecule has 3 rings (SSSR count). The van der Waals surface area contributed by atoms with Gasteiger partial charge in [-0.2, -0.15) is 0 Å². The van der Waals surface area contributed by atoms with Gasteiger partial charge in [0, 0.05) is 32.1 Å². The third-order valence-electron chi connectivity index (χ3n) is 4.32. The molecule has 0 spiro atoms. The predicted octanol–water partition coefficient (Wildman–Crippen LogP) is 2.64. The minimum Gasteiger partial charge on any atom is -0.378 e. The maximum Gasteiger partial charge on any atom is 0.273 e. The fourth-order valence-electron chi connectivity index (χ4n) is 2.97. The van der Waals surface area contributed by atoms with Crippen LogP contribution >= 0.6 is 11.3 Å². The maximum absolute atomic E-state index is 12.9. The summed E-state index contributed by atoms with van der Waals surface area (Å²) in [6.45, 7) is 4.86. The van der Waals surface area contributed by atoms with Gasteiger partial charge in [-0.15, -0.1) is 11.3 Å². The molecule has 1 fully saturated rings. The summed E-state index contributed by atoms with van der Waals surface area (Å²) in [4.78, 5) is 19.3. The van der Waals surface area contributed by atoms with Crippen LogP contribution in [-0.4, -0.2) is 42.5 Å². The fourth-order valence-corrected chi connectivity index (χ4v) is 3.70. The Morgan fingerprint density at radius 2 is 2.21 bits per heavy atom. The minimum atomic E-state index is -0.000305. The summed E-state index contributed by atoms with van der Waals surface area (Å²) in [5.74, 6) is -0.000305. The van der Waals surface area contributed by atoms with Crippen LogP contribution in [0.25, 0.3) is 0 Å². The summed E-state index contributed by atoms with van der Waals surface area (Å²) in [5, 5.41) is 6.05. The van der Waals surface area contributed by atoms with Gasteiger partial charge in [-0.3, -0.25) is 4.79 Å². The number of carbonyl (C=O) groups is 1. The smallest absolute Gasteiger partial charge is 0.273 e. The Kier molecular flexibility index (Phi) is 5.60. The molecule has 6 heteroatoms. The van der Waals surface area contributed by atoms with Gasteiger partial charge in [0.05, 0.1) is 12.6 Å². The molecule has 24 heavy (non-hydrogen) atoms. The molecular weight excluding hydrogens is 322 g/mol. The molecule has 0 bridgehead atoms. The highest BCUT2D eigenvalue weighted by Crippen LogP contribution is 2.25. The first-order valence-electron chi connectivity index (χ1n) is 8.26. The Balaban J connectivity index is 1.81. The van der Waals surface area contributed by atoms with Gasteiger partial charge in [-0.05, 0) is 17.5 Å². The van der Waals surface area contributed by atoms with Crippen LogP contribution in [0.3, 0.4) is 0 Å². The fraction of sp³-hybridized carbons (Fsp3) is 0.444. The highest BCUT2D eigenvalue weighted by molar-refractivity contribution is 7.09. The zero-order valence-electron chi connectivity index (χ0n) is 14.1. The van der Waals surface area contributed by atoms with Gasteiger partial charge in [0.2, 0.25) is 0 Å². The van der Waals surface area contributed by atoms with Crippen LogP contribution in [0.5, 0.6) is 0 Å². The van der Waals surface area contributed by atoms with Crippen molar-refractivity contribution in [2.45, 2.75) is 26.0 Å². The van der Waals surface area contributed by atoms with Crippen molar-refractivity contribution in [3.8, 4) is 0 Å². The van der Waals surface area contributed by atoms with E-state index in [9.17, 15) is 4.79 Å². The zero-order chi connectivity index (χ0) is 16.9. The Labute approximate surface area is 146 Å². The quantitative estimate of drug-likeness (QED) is 0.905. The van der Waals surface area contributed by atoms with Gasteiger partial charge >= 0.3 is 0 Å². The molecular formula is C18H23N3O2S. The molecule has 0 saturated carbocycles. The average Bonchev–Trinajstić information content (AvgIpc) is 3.10. The number of piperazine rings is 1. The molecule has 128 valence electrons. The van der Waals surface area contributed by atoms with E-state index in [0.717, 1.165) is 24.5 Å². The molecule has 2 aromatic rings. The average molecular weight is 345 g/mol. The summed E-state index contributed by atoms with van der Waals surface area (Å²) < 4.78 is 5.09. The van der Waals surface area contributed by atoms with Crippen LogP contribution in [-0.2, 0) is 17.8 Å². The molecule has 1 amide bonds. The predicted molar refractivity (Wildman–Crippen MR) is 95.3 cm³/mol. The largest absolute Gasteiger partial charge is 0.378 e. The summed E-state index contributed by atoms with van der Waals surface area (Å²) in [6, 6.07) is 8.60. The topological polar surface area (TPSA) is 54.5 Å². The monoisotopic (exact) mass is 345 g/mol.